The molecule has 1 rings (SSSR count). The van der Waals surface area contributed by atoms with Gasteiger partial charge in [-0.05, 0) is 44.9 Å². The summed E-state index contributed by atoms with van der Waals surface area (Å²) in [7, 11) is 0. The normalized spacial score (nSPS) is 11.6. The highest BCUT2D eigenvalue weighted by molar-refractivity contribution is 5.29. The molecule has 0 heterocycles. The van der Waals surface area contributed by atoms with Crippen LogP contribution in [0.2, 0.25) is 0 Å². The van der Waals surface area contributed by atoms with Crippen LogP contribution in [0.3, 0.4) is 0 Å². The quantitative estimate of drug-likeness (QED) is 0.849. The largest absolute Gasteiger partial charge is 0.493 e. The smallest absolute Gasteiger partial charge is 0.127 e. The van der Waals surface area contributed by atoms with Crippen molar-refractivity contribution in [2.24, 2.45) is 0 Å². The maximum atomic E-state index is 13.4. The van der Waals surface area contributed by atoms with Gasteiger partial charge in [0.15, 0.2) is 0 Å². The summed E-state index contributed by atoms with van der Waals surface area (Å²) in [6.45, 7) is 9.54. The first-order valence-corrected chi connectivity index (χ1v) is 6.08. The summed E-state index contributed by atoms with van der Waals surface area (Å²) >= 11 is 0. The Hall–Kier alpha value is -1.09. The monoisotopic (exact) mass is 239 g/mol. The van der Waals surface area contributed by atoms with Crippen molar-refractivity contribution >= 4 is 0 Å². The number of nitrogens with one attached hydrogen (secondary N) is 1. The molecule has 2 nitrogen and oxygen atoms in total. The third kappa shape index (κ3) is 5.68. The maximum Gasteiger partial charge on any atom is 0.127 e. The first kappa shape index (κ1) is 14.0. The van der Waals surface area contributed by atoms with E-state index in [-0.39, 0.29) is 11.4 Å². The van der Waals surface area contributed by atoms with Crippen LogP contribution in [0.15, 0.2) is 18.2 Å². The van der Waals surface area contributed by atoms with Gasteiger partial charge in [0.25, 0.3) is 0 Å². The van der Waals surface area contributed by atoms with E-state index in [1.54, 1.807) is 0 Å². The maximum absolute atomic E-state index is 13.4. The van der Waals surface area contributed by atoms with Crippen LogP contribution >= 0.6 is 0 Å². The van der Waals surface area contributed by atoms with Crippen LogP contribution in [0.5, 0.6) is 5.75 Å². The van der Waals surface area contributed by atoms with Crippen LogP contribution in [0.1, 0.15) is 39.7 Å². The zero-order chi connectivity index (χ0) is 12.9. The predicted octanol–water partition coefficient (Wildman–Crippen LogP) is 3.50. The zero-order valence-electron chi connectivity index (χ0n) is 11.1. The van der Waals surface area contributed by atoms with E-state index in [9.17, 15) is 4.39 Å². The van der Waals surface area contributed by atoms with Crippen molar-refractivity contribution in [2.45, 2.75) is 46.2 Å². The van der Waals surface area contributed by atoms with Gasteiger partial charge in [-0.25, -0.2) is 4.39 Å². The Morgan fingerprint density at radius 2 is 1.94 bits per heavy atom. The molecule has 0 radical (unpaired) electrons. The molecular weight excluding hydrogens is 217 g/mol. The Labute approximate surface area is 103 Å². The fourth-order valence-corrected chi connectivity index (χ4v) is 1.39. The second-order valence-corrected chi connectivity index (χ2v) is 5.25. The lowest BCUT2D eigenvalue weighted by molar-refractivity contribution is 0.315. The number of hydrogen-bond acceptors (Lipinski definition) is 2. The van der Waals surface area contributed by atoms with Crippen molar-refractivity contribution in [2.75, 3.05) is 6.61 Å². The van der Waals surface area contributed by atoms with Crippen LogP contribution in [0.4, 0.5) is 4.39 Å². The van der Waals surface area contributed by atoms with Crippen LogP contribution in [0, 0.1) is 5.82 Å². The molecule has 1 aromatic rings. The Balaban J connectivity index is 2.68. The summed E-state index contributed by atoms with van der Waals surface area (Å²) in [4.78, 5) is 0. The molecule has 17 heavy (non-hydrogen) atoms. The molecule has 0 bridgehead atoms. The Kier molecular flexibility index (Phi) is 4.94. The van der Waals surface area contributed by atoms with Crippen molar-refractivity contribution in [3.05, 3.63) is 29.6 Å². The number of ether oxygens (including phenoxy) is 1. The van der Waals surface area contributed by atoms with Crippen LogP contribution < -0.4 is 10.1 Å². The molecule has 0 fully saturated rings. The van der Waals surface area contributed by atoms with Crippen LogP contribution in [-0.2, 0) is 6.54 Å². The van der Waals surface area contributed by atoms with Gasteiger partial charge in [0.05, 0.1) is 6.61 Å². The number of benzene rings is 1. The van der Waals surface area contributed by atoms with E-state index in [0.717, 1.165) is 12.0 Å². The molecule has 0 aliphatic rings. The molecule has 0 amide bonds. The lowest BCUT2D eigenvalue weighted by Gasteiger charge is -2.20. The molecule has 0 aromatic heterocycles. The molecule has 1 aromatic carbocycles. The number of rotatable bonds is 5. The minimum Gasteiger partial charge on any atom is -0.493 e. The summed E-state index contributed by atoms with van der Waals surface area (Å²) in [5.41, 5.74) is 0.933. The lowest BCUT2D eigenvalue weighted by atomic mass is 10.1. The summed E-state index contributed by atoms with van der Waals surface area (Å²) in [6.07, 6.45) is 0.923. The second-order valence-electron chi connectivity index (χ2n) is 5.25. The second kappa shape index (κ2) is 6.01. The van der Waals surface area contributed by atoms with Crippen LogP contribution in [-0.4, -0.2) is 12.1 Å². The topological polar surface area (TPSA) is 21.3 Å². The van der Waals surface area contributed by atoms with Gasteiger partial charge in [0, 0.05) is 18.2 Å². The molecule has 3 heteroatoms. The van der Waals surface area contributed by atoms with Gasteiger partial charge in [-0.3, -0.25) is 0 Å². The van der Waals surface area contributed by atoms with Gasteiger partial charge in [-0.2, -0.15) is 0 Å². The van der Waals surface area contributed by atoms with E-state index < -0.39 is 0 Å². The van der Waals surface area contributed by atoms with E-state index in [2.05, 4.69) is 26.1 Å². The number of halogens is 1. The van der Waals surface area contributed by atoms with E-state index in [0.29, 0.717) is 18.9 Å². The molecule has 0 aliphatic carbocycles. The summed E-state index contributed by atoms with van der Waals surface area (Å²) < 4.78 is 18.8. The molecule has 0 saturated carbocycles. The van der Waals surface area contributed by atoms with Gasteiger partial charge in [0.2, 0.25) is 0 Å². The van der Waals surface area contributed by atoms with Crippen LogP contribution in [0.25, 0.3) is 0 Å². The van der Waals surface area contributed by atoms with Crippen molar-refractivity contribution in [3.63, 3.8) is 0 Å². The van der Waals surface area contributed by atoms with Gasteiger partial charge >= 0.3 is 0 Å². The summed E-state index contributed by atoms with van der Waals surface area (Å²) in [5.74, 6) is 0.363. The van der Waals surface area contributed by atoms with Crippen molar-refractivity contribution in [3.8, 4) is 5.75 Å². The molecule has 0 unspecified atom stereocenters. The average molecular weight is 239 g/mol. The van der Waals surface area contributed by atoms with E-state index in [1.807, 2.05) is 13.0 Å². The van der Waals surface area contributed by atoms with E-state index in [4.69, 9.17) is 4.74 Å². The molecular formula is C14H22FNO. The highest BCUT2D eigenvalue weighted by Gasteiger charge is 2.09. The lowest BCUT2D eigenvalue weighted by Crippen LogP contribution is -2.35. The SMILES string of the molecule is CCCOc1cc(F)cc(CNC(C)(C)C)c1. The predicted molar refractivity (Wildman–Crippen MR) is 68.8 cm³/mol. The van der Waals surface area contributed by atoms with E-state index >= 15 is 0 Å². The summed E-state index contributed by atoms with van der Waals surface area (Å²) in [5, 5.41) is 3.33. The zero-order valence-corrected chi connectivity index (χ0v) is 11.1. The molecule has 0 saturated heterocycles. The van der Waals surface area contributed by atoms with Gasteiger partial charge in [-0.15, -0.1) is 0 Å². The minimum atomic E-state index is -0.246. The molecule has 0 spiro atoms. The van der Waals surface area contributed by atoms with Crippen molar-refractivity contribution in [1.82, 2.24) is 5.32 Å². The third-order valence-electron chi connectivity index (χ3n) is 2.23. The Bertz CT molecular complexity index is 358. The molecule has 1 N–H and O–H groups in total. The summed E-state index contributed by atoms with van der Waals surface area (Å²) in [6, 6.07) is 4.85. The highest BCUT2D eigenvalue weighted by Crippen LogP contribution is 2.17. The average Bonchev–Trinajstić information content (AvgIpc) is 2.22. The minimum absolute atomic E-state index is 0.0246. The Morgan fingerprint density at radius 1 is 1.24 bits per heavy atom. The molecule has 0 atom stereocenters. The highest BCUT2D eigenvalue weighted by atomic mass is 19.1. The van der Waals surface area contributed by atoms with Crippen molar-refractivity contribution in [1.29, 1.82) is 0 Å². The molecule has 0 aliphatic heterocycles. The third-order valence-corrected chi connectivity index (χ3v) is 2.23. The first-order valence-electron chi connectivity index (χ1n) is 6.08. The van der Waals surface area contributed by atoms with Gasteiger partial charge in [0.1, 0.15) is 11.6 Å². The fraction of sp³-hybridized carbons (Fsp3) is 0.571. The Morgan fingerprint density at radius 3 is 2.53 bits per heavy atom. The van der Waals surface area contributed by atoms with Gasteiger partial charge < -0.3 is 10.1 Å². The standard InChI is InChI=1S/C14H22FNO/c1-5-6-17-13-8-11(7-12(15)9-13)10-16-14(2,3)4/h7-9,16H,5-6,10H2,1-4H3. The van der Waals surface area contributed by atoms with E-state index in [1.165, 1.54) is 12.1 Å². The van der Waals surface area contributed by atoms with Gasteiger partial charge in [-0.1, -0.05) is 6.92 Å². The first-order chi connectivity index (χ1) is 7.90. The number of hydrogen-bond donors (Lipinski definition) is 1. The molecule has 96 valence electrons. The fourth-order valence-electron chi connectivity index (χ4n) is 1.39. The van der Waals surface area contributed by atoms with Crippen molar-refractivity contribution < 1.29 is 9.13 Å².